The van der Waals surface area contributed by atoms with Gasteiger partial charge in [0.1, 0.15) is 12.0 Å². The van der Waals surface area contributed by atoms with E-state index in [9.17, 15) is 22.8 Å². The van der Waals surface area contributed by atoms with Crippen LogP contribution in [0.25, 0.3) is 0 Å². The molecule has 1 aliphatic carbocycles. The van der Waals surface area contributed by atoms with Gasteiger partial charge in [-0.25, -0.2) is 8.42 Å². The van der Waals surface area contributed by atoms with Crippen LogP contribution in [0.1, 0.15) is 54.9 Å². The molecular weight excluding hydrogens is 432 g/mol. The van der Waals surface area contributed by atoms with Gasteiger partial charge in [-0.05, 0) is 18.6 Å². The van der Waals surface area contributed by atoms with Gasteiger partial charge in [0.25, 0.3) is 0 Å². The lowest BCUT2D eigenvalue weighted by Crippen LogP contribution is -2.35. The van der Waals surface area contributed by atoms with Gasteiger partial charge in [0.2, 0.25) is 0 Å². The third kappa shape index (κ3) is 4.02. The normalized spacial score (nSPS) is 19.9. The third-order valence-electron chi connectivity index (χ3n) is 5.18. The maximum Gasteiger partial charge on any atom is 0.182 e. The summed E-state index contributed by atoms with van der Waals surface area (Å²) in [5, 5.41) is 12.6. The maximum absolute atomic E-state index is 13.0. The van der Waals surface area contributed by atoms with Crippen molar-refractivity contribution in [3.8, 4) is 6.07 Å². The van der Waals surface area contributed by atoms with E-state index in [0.29, 0.717) is 6.42 Å². The van der Waals surface area contributed by atoms with Gasteiger partial charge in [-0.2, -0.15) is 5.26 Å². The molecule has 8 nitrogen and oxygen atoms in total. The van der Waals surface area contributed by atoms with E-state index in [-0.39, 0.29) is 58.2 Å². The third-order valence-corrected chi connectivity index (χ3v) is 7.34. The summed E-state index contributed by atoms with van der Waals surface area (Å²) in [6, 6.07) is 4.43. The van der Waals surface area contributed by atoms with E-state index in [0.717, 1.165) is 0 Å². The molecule has 0 aromatic heterocycles. The highest BCUT2D eigenvalue weighted by Gasteiger charge is 2.39. The van der Waals surface area contributed by atoms with Gasteiger partial charge in [-0.15, -0.1) is 0 Å². The summed E-state index contributed by atoms with van der Waals surface area (Å²) in [5.74, 6) is -3.31. The molecule has 1 fully saturated rings. The average molecular weight is 451 g/mol. The van der Waals surface area contributed by atoms with Gasteiger partial charge < -0.3 is 4.84 Å². The molecule has 2 aliphatic rings. The lowest BCUT2D eigenvalue weighted by molar-refractivity contribution is -0.133. The fourth-order valence-electron chi connectivity index (χ4n) is 3.57. The monoisotopic (exact) mass is 450 g/mol. The van der Waals surface area contributed by atoms with Gasteiger partial charge >= 0.3 is 0 Å². The van der Waals surface area contributed by atoms with Crippen LogP contribution in [0.4, 0.5) is 0 Å². The fourth-order valence-corrected chi connectivity index (χ4v) is 5.11. The number of nitriles is 1. The number of nitrogens with zero attached hydrogens (tertiary/aromatic N) is 2. The lowest BCUT2D eigenvalue weighted by Gasteiger charge is -2.20. The highest BCUT2D eigenvalue weighted by molar-refractivity contribution is 7.91. The Balaban J connectivity index is 2.12. The molecule has 0 bridgehead atoms. The zero-order valence-corrected chi connectivity index (χ0v) is 17.8. The van der Waals surface area contributed by atoms with E-state index in [1.165, 1.54) is 19.1 Å². The summed E-state index contributed by atoms with van der Waals surface area (Å²) in [6.45, 7) is 1.47. The van der Waals surface area contributed by atoms with Gasteiger partial charge in [0, 0.05) is 30.4 Å². The summed E-state index contributed by atoms with van der Waals surface area (Å²) < 4.78 is 25.2. The molecule has 1 aromatic carbocycles. The molecule has 10 heteroatoms. The largest absolute Gasteiger partial charge is 0.391 e. The minimum absolute atomic E-state index is 0.0144. The second-order valence-corrected chi connectivity index (χ2v) is 9.74. The number of carbonyl (C=O) groups excluding carboxylic acids is 3. The van der Waals surface area contributed by atoms with Crippen molar-refractivity contribution in [1.82, 2.24) is 0 Å². The Morgan fingerprint density at radius 3 is 2.57 bits per heavy atom. The van der Waals surface area contributed by atoms with Crippen molar-refractivity contribution >= 4 is 44.5 Å². The highest BCUT2D eigenvalue weighted by atomic mass is 35.5. The predicted octanol–water partition coefficient (Wildman–Crippen LogP) is 2.66. The lowest BCUT2D eigenvalue weighted by atomic mass is 9.81. The second-order valence-electron chi connectivity index (χ2n) is 7.12. The van der Waals surface area contributed by atoms with Crippen LogP contribution in [-0.4, -0.2) is 43.3 Å². The molecule has 1 saturated carbocycles. The van der Waals surface area contributed by atoms with E-state index in [1.807, 2.05) is 6.07 Å². The van der Waals surface area contributed by atoms with Crippen LogP contribution in [0.2, 0.25) is 5.02 Å². The Labute approximate surface area is 178 Å². The fraction of sp³-hybridized carbons (Fsp3) is 0.450. The Bertz CT molecular complexity index is 1090. The number of rotatable bonds is 6. The standard InChI is InChI=1S/C20H19ClN2O6S/c1-2-30(27,28)16-7-6-12(20(26)18-14(24)4-3-5-15(18)25)19(21)17(16)13-10-11(8-9-22)29-23-13/h6-7,11,18H,2-5,8,10H2,1H3. The number of ketones is 3. The topological polar surface area (TPSA) is 131 Å². The minimum atomic E-state index is -3.74. The summed E-state index contributed by atoms with van der Waals surface area (Å²) in [6.07, 6.45) is 0.293. The first kappa shape index (κ1) is 22.1. The van der Waals surface area contributed by atoms with Crippen LogP contribution in [0.15, 0.2) is 22.2 Å². The second kappa shape index (κ2) is 8.66. The number of halogens is 1. The molecule has 30 heavy (non-hydrogen) atoms. The number of sulfone groups is 1. The molecule has 158 valence electrons. The van der Waals surface area contributed by atoms with Crippen molar-refractivity contribution in [2.24, 2.45) is 11.1 Å². The summed E-state index contributed by atoms with van der Waals surface area (Å²) in [5.41, 5.74) is 0.102. The Morgan fingerprint density at radius 2 is 1.97 bits per heavy atom. The number of oxime groups is 1. The minimum Gasteiger partial charge on any atom is -0.391 e. The van der Waals surface area contributed by atoms with Crippen molar-refractivity contribution in [2.45, 2.75) is 50.0 Å². The van der Waals surface area contributed by atoms with Gasteiger partial charge in [-0.3, -0.25) is 14.4 Å². The van der Waals surface area contributed by atoms with Crippen LogP contribution in [0.5, 0.6) is 0 Å². The highest BCUT2D eigenvalue weighted by Crippen LogP contribution is 2.35. The quantitative estimate of drug-likeness (QED) is 0.480. The molecule has 1 atom stereocenters. The van der Waals surface area contributed by atoms with E-state index in [1.54, 1.807) is 0 Å². The van der Waals surface area contributed by atoms with Crippen LogP contribution in [0, 0.1) is 17.2 Å². The smallest absolute Gasteiger partial charge is 0.182 e. The van der Waals surface area contributed by atoms with Crippen LogP contribution >= 0.6 is 11.6 Å². The van der Waals surface area contributed by atoms with Crippen LogP contribution < -0.4 is 0 Å². The number of hydrogen-bond acceptors (Lipinski definition) is 8. The summed E-state index contributed by atoms with van der Waals surface area (Å²) in [7, 11) is -3.74. The zero-order chi connectivity index (χ0) is 22.1. The molecule has 1 unspecified atom stereocenters. The average Bonchev–Trinajstić information content (AvgIpc) is 3.15. The van der Waals surface area contributed by atoms with Gasteiger partial charge in [0.05, 0.1) is 33.9 Å². The summed E-state index contributed by atoms with van der Waals surface area (Å²) in [4.78, 5) is 42.5. The van der Waals surface area contributed by atoms with E-state index >= 15 is 0 Å². The number of Topliss-reactive ketones (excluding diaryl/α,β-unsaturated/α-hetero) is 3. The Hall–Kier alpha value is -2.57. The van der Waals surface area contributed by atoms with Crippen molar-refractivity contribution < 1.29 is 27.6 Å². The zero-order valence-electron chi connectivity index (χ0n) is 16.2. The number of hydrogen-bond donors (Lipinski definition) is 0. The predicted molar refractivity (Wildman–Crippen MR) is 107 cm³/mol. The molecule has 0 radical (unpaired) electrons. The van der Waals surface area contributed by atoms with Gasteiger partial charge in [0.15, 0.2) is 27.2 Å². The van der Waals surface area contributed by atoms with Crippen molar-refractivity contribution in [1.29, 1.82) is 5.26 Å². The maximum atomic E-state index is 13.0. The first-order valence-corrected chi connectivity index (χ1v) is 11.5. The number of carbonyl (C=O) groups is 3. The molecule has 0 spiro atoms. The van der Waals surface area contributed by atoms with Crippen LogP contribution in [0.3, 0.4) is 0 Å². The van der Waals surface area contributed by atoms with Crippen molar-refractivity contribution in [3.05, 3.63) is 28.3 Å². The molecule has 1 aromatic rings. The molecule has 1 aliphatic heterocycles. The molecular formula is C20H19ClN2O6S. The van der Waals surface area contributed by atoms with E-state index in [2.05, 4.69) is 5.16 Å². The summed E-state index contributed by atoms with van der Waals surface area (Å²) >= 11 is 6.48. The Kier molecular flexibility index (Phi) is 6.38. The van der Waals surface area contributed by atoms with Crippen molar-refractivity contribution in [2.75, 3.05) is 5.75 Å². The molecule has 0 saturated heterocycles. The molecule has 0 N–H and O–H groups in total. The first-order chi connectivity index (χ1) is 14.2. The molecule has 0 amide bonds. The molecule has 1 heterocycles. The molecule has 3 rings (SSSR count). The van der Waals surface area contributed by atoms with Crippen molar-refractivity contribution in [3.63, 3.8) is 0 Å². The Morgan fingerprint density at radius 1 is 1.30 bits per heavy atom. The first-order valence-electron chi connectivity index (χ1n) is 9.46. The van der Waals surface area contributed by atoms with Crippen LogP contribution in [-0.2, 0) is 24.3 Å². The number of benzene rings is 1. The van der Waals surface area contributed by atoms with E-state index in [4.69, 9.17) is 21.7 Å². The SMILES string of the molecule is CCS(=O)(=O)c1ccc(C(=O)C2C(=O)CCCC2=O)c(Cl)c1C1=NOC(CC#N)C1. The van der Waals surface area contributed by atoms with Gasteiger partial charge in [-0.1, -0.05) is 23.7 Å². The van der Waals surface area contributed by atoms with E-state index < -0.39 is 39.2 Å².